The van der Waals surface area contributed by atoms with Crippen molar-refractivity contribution in [3.05, 3.63) is 28.8 Å². The molecule has 0 spiro atoms. The van der Waals surface area contributed by atoms with Crippen molar-refractivity contribution in [2.45, 2.75) is 32.7 Å². The molecule has 90 valence electrons. The van der Waals surface area contributed by atoms with Gasteiger partial charge >= 0.3 is 0 Å². The number of nitrogens with zero attached hydrogens (tertiary/aromatic N) is 2. The molecule has 17 heavy (non-hydrogen) atoms. The highest BCUT2D eigenvalue weighted by molar-refractivity contribution is 7.18. The highest BCUT2D eigenvalue weighted by Crippen LogP contribution is 2.29. The summed E-state index contributed by atoms with van der Waals surface area (Å²) < 4.78 is 1.33. The Morgan fingerprint density at radius 1 is 1.29 bits per heavy atom. The average Bonchev–Trinajstić information content (AvgIpc) is 2.94. The molecule has 1 aromatic carbocycles. The van der Waals surface area contributed by atoms with Crippen molar-refractivity contribution in [3.8, 4) is 0 Å². The van der Waals surface area contributed by atoms with Gasteiger partial charge in [-0.1, -0.05) is 6.07 Å². The predicted molar refractivity (Wildman–Crippen MR) is 73.6 cm³/mol. The van der Waals surface area contributed by atoms with E-state index in [-0.39, 0.29) is 0 Å². The van der Waals surface area contributed by atoms with Crippen LogP contribution in [0.5, 0.6) is 0 Å². The summed E-state index contributed by atoms with van der Waals surface area (Å²) in [5.41, 5.74) is 2.58. The lowest BCUT2D eigenvalue weighted by Crippen LogP contribution is -2.23. The lowest BCUT2D eigenvalue weighted by atomic mass is 10.1. The molecule has 0 bridgehead atoms. The molecule has 3 rings (SSSR count). The Hall–Kier alpha value is -0.930. The summed E-state index contributed by atoms with van der Waals surface area (Å²) in [7, 11) is 0. The lowest BCUT2D eigenvalue weighted by molar-refractivity contribution is 0.263. The molecule has 2 aromatic rings. The third kappa shape index (κ3) is 2.09. The normalized spacial score (nSPS) is 18.9. The van der Waals surface area contributed by atoms with E-state index in [2.05, 4.69) is 41.9 Å². The van der Waals surface area contributed by atoms with Crippen molar-refractivity contribution in [2.24, 2.45) is 0 Å². The summed E-state index contributed by atoms with van der Waals surface area (Å²) in [5.74, 6) is 0. The first-order valence-electron chi connectivity index (χ1n) is 6.35. The van der Waals surface area contributed by atoms with E-state index in [0.717, 1.165) is 10.5 Å². The van der Waals surface area contributed by atoms with Gasteiger partial charge in [0, 0.05) is 6.04 Å². The van der Waals surface area contributed by atoms with E-state index in [1.807, 2.05) is 0 Å². The fourth-order valence-corrected chi connectivity index (χ4v) is 3.53. The number of benzene rings is 1. The Kier molecular flexibility index (Phi) is 2.89. The minimum Gasteiger partial charge on any atom is -0.297 e. The molecule has 3 heteroatoms. The van der Waals surface area contributed by atoms with E-state index >= 15 is 0 Å². The summed E-state index contributed by atoms with van der Waals surface area (Å²) in [6.07, 6.45) is 2.71. The quantitative estimate of drug-likeness (QED) is 0.802. The number of aryl methyl sites for hydroxylation is 1. The molecule has 1 atom stereocenters. The van der Waals surface area contributed by atoms with Crippen molar-refractivity contribution in [3.63, 3.8) is 0 Å². The summed E-state index contributed by atoms with van der Waals surface area (Å²) in [4.78, 5) is 7.09. The zero-order valence-corrected chi connectivity index (χ0v) is 11.3. The molecule has 1 saturated heterocycles. The van der Waals surface area contributed by atoms with Crippen LogP contribution < -0.4 is 0 Å². The van der Waals surface area contributed by atoms with Crippen LogP contribution in [0, 0.1) is 6.92 Å². The maximum atomic E-state index is 4.52. The monoisotopic (exact) mass is 246 g/mol. The van der Waals surface area contributed by atoms with Gasteiger partial charge in [0.2, 0.25) is 0 Å². The van der Waals surface area contributed by atoms with Crippen LogP contribution in [0.2, 0.25) is 0 Å². The van der Waals surface area contributed by atoms with E-state index in [4.69, 9.17) is 0 Å². The van der Waals surface area contributed by atoms with Gasteiger partial charge in [0.05, 0.1) is 15.2 Å². The van der Waals surface area contributed by atoms with E-state index in [0.29, 0.717) is 6.04 Å². The predicted octanol–water partition coefficient (Wildman–Crippen LogP) is 3.76. The van der Waals surface area contributed by atoms with Crippen LogP contribution in [-0.4, -0.2) is 23.0 Å². The number of thiazole rings is 1. The van der Waals surface area contributed by atoms with Gasteiger partial charge in [-0.05, 0) is 57.5 Å². The van der Waals surface area contributed by atoms with Crippen molar-refractivity contribution in [2.75, 3.05) is 13.1 Å². The van der Waals surface area contributed by atoms with Gasteiger partial charge in [0.25, 0.3) is 0 Å². The number of hydrogen-bond donors (Lipinski definition) is 0. The van der Waals surface area contributed by atoms with Crippen molar-refractivity contribution >= 4 is 21.6 Å². The Bertz CT molecular complexity index is 526. The molecule has 0 amide bonds. The zero-order chi connectivity index (χ0) is 11.8. The SMILES string of the molecule is Cc1nc2ccc([C@@H](C)N3CCCC3)cc2s1. The van der Waals surface area contributed by atoms with Gasteiger partial charge in [-0.3, -0.25) is 4.90 Å². The standard InChI is InChI=1S/C14H18N2S/c1-10(16-7-3-4-8-16)12-5-6-13-14(9-12)17-11(2)15-13/h5-6,9-10H,3-4,7-8H2,1-2H3/t10-/m1/s1. The molecule has 0 saturated carbocycles. The fourth-order valence-electron chi connectivity index (χ4n) is 2.66. The molecule has 2 heterocycles. The summed E-state index contributed by atoms with van der Waals surface area (Å²) in [6.45, 7) is 6.90. The van der Waals surface area contributed by atoms with Crippen molar-refractivity contribution < 1.29 is 0 Å². The van der Waals surface area contributed by atoms with Gasteiger partial charge < -0.3 is 0 Å². The van der Waals surface area contributed by atoms with Gasteiger partial charge in [0.15, 0.2) is 0 Å². The van der Waals surface area contributed by atoms with Crippen molar-refractivity contribution in [1.29, 1.82) is 0 Å². The van der Waals surface area contributed by atoms with E-state index in [1.54, 1.807) is 11.3 Å². The summed E-state index contributed by atoms with van der Waals surface area (Å²) in [6, 6.07) is 7.28. The molecule has 0 unspecified atom stereocenters. The van der Waals surface area contributed by atoms with Crippen LogP contribution in [0.1, 0.15) is 36.4 Å². The zero-order valence-electron chi connectivity index (χ0n) is 10.4. The summed E-state index contributed by atoms with van der Waals surface area (Å²) >= 11 is 1.80. The molecule has 1 aromatic heterocycles. The third-order valence-electron chi connectivity index (χ3n) is 3.69. The number of hydrogen-bond acceptors (Lipinski definition) is 3. The molecule has 1 aliphatic heterocycles. The Morgan fingerprint density at radius 2 is 2.06 bits per heavy atom. The second-order valence-electron chi connectivity index (χ2n) is 4.88. The molecule has 1 fully saturated rings. The molecule has 0 N–H and O–H groups in total. The van der Waals surface area contributed by atoms with Crippen LogP contribution in [0.25, 0.3) is 10.2 Å². The third-order valence-corrected chi connectivity index (χ3v) is 4.62. The smallest absolute Gasteiger partial charge is 0.0907 e. The average molecular weight is 246 g/mol. The minimum atomic E-state index is 0.546. The number of aromatic nitrogens is 1. The maximum absolute atomic E-state index is 4.52. The topological polar surface area (TPSA) is 16.1 Å². The van der Waals surface area contributed by atoms with E-state index in [1.165, 1.54) is 36.2 Å². The van der Waals surface area contributed by atoms with Crippen molar-refractivity contribution in [1.82, 2.24) is 9.88 Å². The Labute approximate surface area is 106 Å². The van der Waals surface area contributed by atoms with Crippen LogP contribution in [0.3, 0.4) is 0 Å². The molecule has 1 aliphatic rings. The second-order valence-corrected chi connectivity index (χ2v) is 6.11. The van der Waals surface area contributed by atoms with Gasteiger partial charge in [0.1, 0.15) is 0 Å². The Morgan fingerprint density at radius 3 is 2.82 bits per heavy atom. The van der Waals surface area contributed by atoms with Gasteiger partial charge in [-0.15, -0.1) is 11.3 Å². The molecular weight excluding hydrogens is 228 g/mol. The van der Waals surface area contributed by atoms with Crippen LogP contribution in [0.15, 0.2) is 18.2 Å². The molecule has 0 radical (unpaired) electrons. The van der Waals surface area contributed by atoms with Crippen LogP contribution >= 0.6 is 11.3 Å². The molecular formula is C14H18N2S. The highest BCUT2D eigenvalue weighted by atomic mass is 32.1. The maximum Gasteiger partial charge on any atom is 0.0907 e. The fraction of sp³-hybridized carbons (Fsp3) is 0.500. The lowest BCUT2D eigenvalue weighted by Gasteiger charge is -2.23. The van der Waals surface area contributed by atoms with E-state index in [9.17, 15) is 0 Å². The summed E-state index contributed by atoms with van der Waals surface area (Å²) in [5, 5.41) is 1.16. The first-order valence-corrected chi connectivity index (χ1v) is 7.17. The molecule has 2 nitrogen and oxygen atoms in total. The molecule has 0 aliphatic carbocycles. The number of rotatable bonds is 2. The highest BCUT2D eigenvalue weighted by Gasteiger charge is 2.19. The minimum absolute atomic E-state index is 0.546. The van der Waals surface area contributed by atoms with Gasteiger partial charge in [-0.2, -0.15) is 0 Å². The number of likely N-dealkylation sites (tertiary alicyclic amines) is 1. The second kappa shape index (κ2) is 4.39. The van der Waals surface area contributed by atoms with Crippen LogP contribution in [-0.2, 0) is 0 Å². The first kappa shape index (κ1) is 11.2. The number of fused-ring (bicyclic) bond motifs is 1. The first-order chi connectivity index (χ1) is 8.24. The van der Waals surface area contributed by atoms with Crippen LogP contribution in [0.4, 0.5) is 0 Å². The van der Waals surface area contributed by atoms with Gasteiger partial charge in [-0.25, -0.2) is 4.98 Å². The van der Waals surface area contributed by atoms with E-state index < -0.39 is 0 Å². The largest absolute Gasteiger partial charge is 0.297 e. The Balaban J connectivity index is 1.93.